The second-order valence-electron chi connectivity index (χ2n) is 2.71. The summed E-state index contributed by atoms with van der Waals surface area (Å²) in [4.78, 5) is 0. The van der Waals surface area contributed by atoms with Gasteiger partial charge in [0.2, 0.25) is 0 Å². The molecule has 0 aliphatic heterocycles. The van der Waals surface area contributed by atoms with Crippen LogP contribution in [-0.4, -0.2) is 33.3 Å². The van der Waals surface area contributed by atoms with E-state index >= 15 is 0 Å². The molecule has 0 bridgehead atoms. The Morgan fingerprint density at radius 2 is 2.50 bits per heavy atom. The van der Waals surface area contributed by atoms with Crippen LogP contribution in [-0.2, 0) is 17.9 Å². The molecule has 0 aromatic carbocycles. The molecular weight excluding hydrogens is 158 g/mol. The monoisotopic (exact) mass is 171 g/mol. The highest BCUT2D eigenvalue weighted by Crippen LogP contribution is 1.95. The van der Waals surface area contributed by atoms with Crippen molar-refractivity contribution in [1.29, 1.82) is 0 Å². The molecule has 0 aliphatic carbocycles. The minimum absolute atomic E-state index is 0.401. The molecule has 0 saturated carbocycles. The van der Waals surface area contributed by atoms with Crippen LogP contribution >= 0.6 is 0 Å². The van der Waals surface area contributed by atoms with Crippen molar-refractivity contribution in [2.24, 2.45) is 0 Å². The lowest BCUT2D eigenvalue weighted by Crippen LogP contribution is -2.11. The maximum absolute atomic E-state index is 9.03. The third-order valence-corrected chi connectivity index (χ3v) is 1.33. The Kier molecular flexibility index (Phi) is 3.19. The molecule has 5 heteroatoms. The van der Waals surface area contributed by atoms with E-state index in [2.05, 4.69) is 10.3 Å². The fourth-order valence-corrected chi connectivity index (χ4v) is 0.912. The van der Waals surface area contributed by atoms with Crippen molar-refractivity contribution < 1.29 is 9.84 Å². The summed E-state index contributed by atoms with van der Waals surface area (Å²) in [6.45, 7) is 2.63. The predicted molar refractivity (Wildman–Crippen MR) is 42.4 cm³/mol. The second kappa shape index (κ2) is 4.18. The first-order chi connectivity index (χ1) is 5.72. The highest BCUT2D eigenvalue weighted by molar-refractivity contribution is 4.89. The normalized spacial score (nSPS) is 13.2. The molecule has 68 valence electrons. The summed E-state index contributed by atoms with van der Waals surface area (Å²) in [5.41, 5.74) is 0.776. The molecule has 1 aromatic rings. The van der Waals surface area contributed by atoms with Crippen LogP contribution in [0.5, 0.6) is 0 Å². The maximum atomic E-state index is 9.03. The molecule has 0 fully saturated rings. The van der Waals surface area contributed by atoms with Crippen molar-refractivity contribution in [3.8, 4) is 0 Å². The molecule has 0 unspecified atom stereocenters. The lowest BCUT2D eigenvalue weighted by molar-refractivity contribution is 0.167. The van der Waals surface area contributed by atoms with Crippen molar-refractivity contribution in [1.82, 2.24) is 15.0 Å². The van der Waals surface area contributed by atoms with Crippen LogP contribution in [0.1, 0.15) is 12.6 Å². The minimum atomic E-state index is -0.401. The summed E-state index contributed by atoms with van der Waals surface area (Å²) in [5, 5.41) is 16.7. The van der Waals surface area contributed by atoms with E-state index in [1.54, 1.807) is 24.9 Å². The van der Waals surface area contributed by atoms with Crippen LogP contribution < -0.4 is 0 Å². The summed E-state index contributed by atoms with van der Waals surface area (Å²) in [6.07, 6.45) is 1.36. The van der Waals surface area contributed by atoms with Crippen LogP contribution in [0.3, 0.4) is 0 Å². The number of rotatable bonds is 4. The van der Waals surface area contributed by atoms with Crippen LogP contribution in [0.15, 0.2) is 6.20 Å². The second-order valence-corrected chi connectivity index (χ2v) is 2.71. The van der Waals surface area contributed by atoms with Gasteiger partial charge in [-0.15, -0.1) is 5.10 Å². The van der Waals surface area contributed by atoms with E-state index < -0.39 is 6.10 Å². The first kappa shape index (κ1) is 9.15. The molecule has 0 saturated heterocycles. The molecular formula is C7H13N3O2. The molecule has 12 heavy (non-hydrogen) atoms. The Bertz CT molecular complexity index is 234. The van der Waals surface area contributed by atoms with E-state index in [0.717, 1.165) is 5.69 Å². The van der Waals surface area contributed by atoms with Gasteiger partial charge < -0.3 is 9.84 Å². The molecule has 5 nitrogen and oxygen atoms in total. The minimum Gasteiger partial charge on any atom is -0.391 e. The number of aliphatic hydroxyl groups excluding tert-OH is 1. The van der Waals surface area contributed by atoms with Gasteiger partial charge in [0, 0.05) is 7.11 Å². The van der Waals surface area contributed by atoms with Crippen molar-refractivity contribution in [2.45, 2.75) is 26.2 Å². The Labute approximate surface area is 71.0 Å². The highest BCUT2D eigenvalue weighted by Gasteiger charge is 2.01. The van der Waals surface area contributed by atoms with Gasteiger partial charge in [0.05, 0.1) is 25.5 Å². The van der Waals surface area contributed by atoms with E-state index in [9.17, 15) is 0 Å². The van der Waals surface area contributed by atoms with Gasteiger partial charge in [0.1, 0.15) is 5.69 Å². The van der Waals surface area contributed by atoms with Crippen molar-refractivity contribution in [3.63, 3.8) is 0 Å². The summed E-state index contributed by atoms with van der Waals surface area (Å²) >= 11 is 0. The van der Waals surface area contributed by atoms with Gasteiger partial charge in [-0.3, -0.25) is 0 Å². The lowest BCUT2D eigenvalue weighted by Gasteiger charge is -2.01. The average Bonchev–Trinajstić information content (AvgIpc) is 2.36. The largest absolute Gasteiger partial charge is 0.391 e. The van der Waals surface area contributed by atoms with Gasteiger partial charge in [-0.25, -0.2) is 4.68 Å². The van der Waals surface area contributed by atoms with Gasteiger partial charge >= 0.3 is 0 Å². The van der Waals surface area contributed by atoms with Crippen molar-refractivity contribution in [3.05, 3.63) is 11.9 Å². The average molecular weight is 171 g/mol. The number of ether oxygens (including phenoxy) is 1. The third-order valence-electron chi connectivity index (χ3n) is 1.33. The van der Waals surface area contributed by atoms with Crippen LogP contribution in [0.25, 0.3) is 0 Å². The fraction of sp³-hybridized carbons (Fsp3) is 0.714. The van der Waals surface area contributed by atoms with Crippen molar-refractivity contribution >= 4 is 0 Å². The van der Waals surface area contributed by atoms with E-state index in [1.165, 1.54) is 0 Å². The SMILES string of the molecule is COCc1cn(C[C@H](C)O)nn1. The van der Waals surface area contributed by atoms with Gasteiger partial charge in [-0.05, 0) is 6.92 Å². The Morgan fingerprint density at radius 3 is 3.08 bits per heavy atom. The maximum Gasteiger partial charge on any atom is 0.108 e. The number of methoxy groups -OCH3 is 1. The molecule has 1 atom stereocenters. The van der Waals surface area contributed by atoms with Gasteiger partial charge in [-0.2, -0.15) is 0 Å². The Hall–Kier alpha value is -0.940. The molecule has 0 spiro atoms. The first-order valence-corrected chi connectivity index (χ1v) is 3.78. The summed E-state index contributed by atoms with van der Waals surface area (Å²) in [7, 11) is 1.60. The zero-order valence-corrected chi connectivity index (χ0v) is 7.27. The molecule has 1 rings (SSSR count). The Morgan fingerprint density at radius 1 is 1.75 bits per heavy atom. The number of nitrogens with zero attached hydrogens (tertiary/aromatic N) is 3. The number of hydrogen-bond acceptors (Lipinski definition) is 4. The number of aromatic nitrogens is 3. The summed E-state index contributed by atoms with van der Waals surface area (Å²) in [5.74, 6) is 0. The predicted octanol–water partition coefficient (Wildman–Crippen LogP) is -0.195. The van der Waals surface area contributed by atoms with E-state index in [0.29, 0.717) is 13.2 Å². The highest BCUT2D eigenvalue weighted by atomic mass is 16.5. The van der Waals surface area contributed by atoms with Gasteiger partial charge in [-0.1, -0.05) is 5.21 Å². The first-order valence-electron chi connectivity index (χ1n) is 3.78. The molecule has 1 aromatic heterocycles. The van der Waals surface area contributed by atoms with Crippen LogP contribution in [0, 0.1) is 0 Å². The van der Waals surface area contributed by atoms with E-state index in [-0.39, 0.29) is 0 Å². The summed E-state index contributed by atoms with van der Waals surface area (Å²) in [6, 6.07) is 0. The Balaban J connectivity index is 2.52. The zero-order valence-electron chi connectivity index (χ0n) is 7.27. The lowest BCUT2D eigenvalue weighted by atomic mass is 10.4. The summed E-state index contributed by atoms with van der Waals surface area (Å²) < 4.78 is 6.46. The molecule has 0 aliphatic rings. The molecule has 0 amide bonds. The number of aliphatic hydroxyl groups is 1. The standard InChI is InChI=1S/C7H13N3O2/c1-6(11)3-10-4-7(5-12-2)8-9-10/h4,6,11H,3,5H2,1-2H3/t6-/m0/s1. The van der Waals surface area contributed by atoms with E-state index in [4.69, 9.17) is 9.84 Å². The number of hydrogen-bond donors (Lipinski definition) is 1. The topological polar surface area (TPSA) is 60.2 Å². The molecule has 1 heterocycles. The smallest absolute Gasteiger partial charge is 0.108 e. The van der Waals surface area contributed by atoms with Crippen LogP contribution in [0.4, 0.5) is 0 Å². The molecule has 1 N–H and O–H groups in total. The van der Waals surface area contributed by atoms with Gasteiger partial charge in [0.15, 0.2) is 0 Å². The fourth-order valence-electron chi connectivity index (χ4n) is 0.912. The van der Waals surface area contributed by atoms with Crippen LogP contribution in [0.2, 0.25) is 0 Å². The van der Waals surface area contributed by atoms with E-state index in [1.807, 2.05) is 0 Å². The zero-order chi connectivity index (χ0) is 8.97. The van der Waals surface area contributed by atoms with Crippen molar-refractivity contribution in [2.75, 3.05) is 7.11 Å². The molecule has 0 radical (unpaired) electrons. The quantitative estimate of drug-likeness (QED) is 0.681. The van der Waals surface area contributed by atoms with Gasteiger partial charge in [0.25, 0.3) is 0 Å². The third kappa shape index (κ3) is 2.60.